The predicted molar refractivity (Wildman–Crippen MR) is 75.7 cm³/mol. The normalized spacial score (nSPS) is 25.1. The molecule has 0 spiro atoms. The monoisotopic (exact) mass is 276 g/mol. The van der Waals surface area contributed by atoms with Gasteiger partial charge >= 0.3 is 0 Å². The molecule has 2 heterocycles. The molecule has 1 aromatic rings. The van der Waals surface area contributed by atoms with Crippen LogP contribution in [-0.4, -0.2) is 54.9 Å². The van der Waals surface area contributed by atoms with Crippen LogP contribution in [0.15, 0.2) is 24.3 Å². The van der Waals surface area contributed by atoms with E-state index in [0.29, 0.717) is 26.2 Å². The summed E-state index contributed by atoms with van der Waals surface area (Å²) < 4.78 is 5.31. The minimum Gasteiger partial charge on any atom is -0.394 e. The molecular weight excluding hydrogens is 256 g/mol. The van der Waals surface area contributed by atoms with Crippen molar-refractivity contribution in [2.24, 2.45) is 0 Å². The Morgan fingerprint density at radius 2 is 2.30 bits per heavy atom. The summed E-state index contributed by atoms with van der Waals surface area (Å²) in [5, 5.41) is 12.7. The molecule has 0 bridgehead atoms. The molecule has 0 aromatic heterocycles. The van der Waals surface area contributed by atoms with E-state index in [1.807, 2.05) is 18.2 Å². The molecule has 1 fully saturated rings. The molecule has 0 radical (unpaired) electrons. The molecule has 2 unspecified atom stereocenters. The Morgan fingerprint density at radius 1 is 1.45 bits per heavy atom. The average Bonchev–Trinajstić information content (AvgIpc) is 2.90. The van der Waals surface area contributed by atoms with Gasteiger partial charge in [-0.05, 0) is 11.6 Å². The molecule has 1 aromatic carbocycles. The summed E-state index contributed by atoms with van der Waals surface area (Å²) in [4.78, 5) is 14.2. The summed E-state index contributed by atoms with van der Waals surface area (Å²) in [6, 6.07) is 7.94. The number of nitrogens with zero attached hydrogens (tertiary/aromatic N) is 1. The zero-order chi connectivity index (χ0) is 13.9. The van der Waals surface area contributed by atoms with E-state index in [4.69, 9.17) is 4.74 Å². The summed E-state index contributed by atoms with van der Waals surface area (Å²) in [7, 11) is 0. The lowest BCUT2D eigenvalue weighted by Gasteiger charge is -2.35. The van der Waals surface area contributed by atoms with E-state index >= 15 is 0 Å². The van der Waals surface area contributed by atoms with E-state index in [0.717, 1.165) is 12.2 Å². The largest absolute Gasteiger partial charge is 0.394 e. The van der Waals surface area contributed by atoms with Crippen molar-refractivity contribution in [1.82, 2.24) is 4.90 Å². The molecule has 5 heteroatoms. The van der Waals surface area contributed by atoms with Gasteiger partial charge in [0.25, 0.3) is 0 Å². The van der Waals surface area contributed by atoms with Crippen LogP contribution in [0, 0.1) is 0 Å². The minimum atomic E-state index is -0.194. The number of hydrogen-bond acceptors (Lipinski definition) is 4. The molecule has 2 aliphatic rings. The van der Waals surface area contributed by atoms with Crippen LogP contribution in [0.1, 0.15) is 17.9 Å². The number of carbonyl (C=O) groups excluding carboxylic acids is 1. The second-order valence-electron chi connectivity index (χ2n) is 5.37. The van der Waals surface area contributed by atoms with Crippen LogP contribution >= 0.6 is 0 Å². The van der Waals surface area contributed by atoms with Gasteiger partial charge in [0.15, 0.2) is 0 Å². The van der Waals surface area contributed by atoms with Crippen molar-refractivity contribution >= 4 is 11.6 Å². The molecule has 1 amide bonds. The number of fused-ring (bicyclic) bond motifs is 1. The summed E-state index contributed by atoms with van der Waals surface area (Å²) in [5.74, 6) is 0.330. The van der Waals surface area contributed by atoms with Crippen LogP contribution < -0.4 is 5.32 Å². The highest BCUT2D eigenvalue weighted by atomic mass is 16.5. The number of carbonyl (C=O) groups is 1. The molecule has 2 atom stereocenters. The topological polar surface area (TPSA) is 61.8 Å². The first kappa shape index (κ1) is 13.4. The Bertz CT molecular complexity index is 492. The van der Waals surface area contributed by atoms with Crippen LogP contribution in [0.5, 0.6) is 0 Å². The maximum Gasteiger partial charge on any atom is 0.223 e. The van der Waals surface area contributed by atoms with E-state index in [1.165, 1.54) is 5.56 Å². The van der Waals surface area contributed by atoms with Crippen molar-refractivity contribution in [1.29, 1.82) is 0 Å². The maximum absolute atomic E-state index is 12.5. The Hall–Kier alpha value is -1.59. The van der Waals surface area contributed by atoms with E-state index < -0.39 is 0 Å². The zero-order valence-electron chi connectivity index (χ0n) is 11.4. The minimum absolute atomic E-state index is 0.0365. The van der Waals surface area contributed by atoms with Gasteiger partial charge in [-0.15, -0.1) is 0 Å². The number of hydrogen-bond donors (Lipinski definition) is 2. The zero-order valence-corrected chi connectivity index (χ0v) is 11.4. The Kier molecular flexibility index (Phi) is 3.89. The molecular formula is C15H20N2O3. The number of aliphatic hydroxyl groups excluding tert-OH is 1. The Labute approximate surface area is 118 Å². The average molecular weight is 276 g/mol. The fraction of sp³-hybridized carbons (Fsp3) is 0.533. The molecule has 0 aliphatic carbocycles. The standard InChI is InChI=1S/C15H20N2O3/c18-9-12-10-20-6-5-17(12)15(19)7-11-8-16-14-4-2-1-3-13(11)14/h1-4,11-12,16,18H,5-10H2. The second-order valence-corrected chi connectivity index (χ2v) is 5.37. The van der Waals surface area contributed by atoms with Crippen molar-refractivity contribution in [2.75, 3.05) is 38.2 Å². The molecule has 2 N–H and O–H groups in total. The number of ether oxygens (including phenoxy) is 1. The van der Waals surface area contributed by atoms with E-state index in [1.54, 1.807) is 4.90 Å². The second kappa shape index (κ2) is 5.81. The highest BCUT2D eigenvalue weighted by Crippen LogP contribution is 2.33. The molecule has 3 rings (SSSR count). The van der Waals surface area contributed by atoms with Crippen molar-refractivity contribution in [2.45, 2.75) is 18.4 Å². The van der Waals surface area contributed by atoms with E-state index in [9.17, 15) is 9.90 Å². The first-order valence-corrected chi connectivity index (χ1v) is 7.10. The maximum atomic E-state index is 12.5. The molecule has 5 nitrogen and oxygen atoms in total. The van der Waals surface area contributed by atoms with Crippen LogP contribution in [0.4, 0.5) is 5.69 Å². The molecule has 20 heavy (non-hydrogen) atoms. The van der Waals surface area contributed by atoms with Crippen molar-refractivity contribution in [3.05, 3.63) is 29.8 Å². The number of aliphatic hydroxyl groups is 1. The fourth-order valence-electron chi connectivity index (χ4n) is 3.00. The molecule has 2 aliphatic heterocycles. The number of rotatable bonds is 3. The summed E-state index contributed by atoms with van der Waals surface area (Å²) in [5.41, 5.74) is 2.35. The Morgan fingerprint density at radius 3 is 3.15 bits per heavy atom. The third kappa shape index (κ3) is 2.51. The lowest BCUT2D eigenvalue weighted by molar-refractivity contribution is -0.141. The van der Waals surface area contributed by atoms with Crippen molar-refractivity contribution in [3.8, 4) is 0 Å². The van der Waals surface area contributed by atoms with Crippen LogP contribution in [0.2, 0.25) is 0 Å². The number of morpholine rings is 1. The third-order valence-electron chi connectivity index (χ3n) is 4.12. The van der Waals surface area contributed by atoms with Crippen LogP contribution in [-0.2, 0) is 9.53 Å². The van der Waals surface area contributed by atoms with E-state index in [2.05, 4.69) is 11.4 Å². The van der Waals surface area contributed by atoms with Gasteiger partial charge in [-0.1, -0.05) is 18.2 Å². The number of anilines is 1. The van der Waals surface area contributed by atoms with Gasteiger partial charge in [0.05, 0.1) is 25.9 Å². The van der Waals surface area contributed by atoms with Gasteiger partial charge in [-0.2, -0.15) is 0 Å². The van der Waals surface area contributed by atoms with Gasteiger partial charge in [0.2, 0.25) is 5.91 Å². The summed E-state index contributed by atoms with van der Waals surface area (Å²) in [6.07, 6.45) is 0.487. The van der Waals surface area contributed by atoms with Crippen LogP contribution in [0.3, 0.4) is 0 Å². The molecule has 1 saturated heterocycles. The van der Waals surface area contributed by atoms with Gasteiger partial charge in [0, 0.05) is 31.1 Å². The molecule has 0 saturated carbocycles. The number of amides is 1. The van der Waals surface area contributed by atoms with E-state index in [-0.39, 0.29) is 24.5 Å². The summed E-state index contributed by atoms with van der Waals surface area (Å²) in [6.45, 7) is 2.33. The number of benzene rings is 1. The number of nitrogens with one attached hydrogen (secondary N) is 1. The SMILES string of the molecule is O=C(CC1CNc2ccccc21)N1CCOCC1CO. The third-order valence-corrected chi connectivity index (χ3v) is 4.12. The fourth-order valence-corrected chi connectivity index (χ4v) is 3.00. The van der Waals surface area contributed by atoms with Gasteiger partial charge in [-0.25, -0.2) is 0 Å². The first-order chi connectivity index (χ1) is 9.79. The first-order valence-electron chi connectivity index (χ1n) is 7.10. The smallest absolute Gasteiger partial charge is 0.223 e. The predicted octanol–water partition coefficient (Wildman–Crippen LogP) is 0.805. The van der Waals surface area contributed by atoms with Crippen molar-refractivity contribution < 1.29 is 14.6 Å². The number of para-hydroxylation sites is 1. The molecule has 108 valence electrons. The quantitative estimate of drug-likeness (QED) is 0.857. The van der Waals surface area contributed by atoms with Crippen molar-refractivity contribution in [3.63, 3.8) is 0 Å². The van der Waals surface area contributed by atoms with Gasteiger partial charge < -0.3 is 20.1 Å². The van der Waals surface area contributed by atoms with Gasteiger partial charge in [0.1, 0.15) is 0 Å². The van der Waals surface area contributed by atoms with Gasteiger partial charge in [-0.3, -0.25) is 4.79 Å². The highest BCUT2D eigenvalue weighted by Gasteiger charge is 2.30. The highest BCUT2D eigenvalue weighted by molar-refractivity contribution is 5.78. The lowest BCUT2D eigenvalue weighted by Crippen LogP contribution is -2.50. The summed E-state index contributed by atoms with van der Waals surface area (Å²) >= 11 is 0. The Balaban J connectivity index is 1.67. The lowest BCUT2D eigenvalue weighted by atomic mass is 9.97. The van der Waals surface area contributed by atoms with Crippen LogP contribution in [0.25, 0.3) is 0 Å².